The average Bonchev–Trinajstić information content (AvgIpc) is 3.50. The molecular formula is C31H49N6O5S+. The van der Waals surface area contributed by atoms with E-state index in [9.17, 15) is 24.0 Å². The molecule has 238 valence electrons. The van der Waals surface area contributed by atoms with Gasteiger partial charge < -0.3 is 31.9 Å². The summed E-state index contributed by atoms with van der Waals surface area (Å²) in [7, 11) is 0.0979. The molecule has 0 aliphatic carbocycles. The van der Waals surface area contributed by atoms with Crippen molar-refractivity contribution in [3.05, 3.63) is 29.3 Å². The van der Waals surface area contributed by atoms with Crippen molar-refractivity contribution in [3.63, 3.8) is 0 Å². The number of carbonyl (C=O) groups is 5. The zero-order valence-corrected chi connectivity index (χ0v) is 26.5. The number of hydrogen-bond donors (Lipinski definition) is 5. The van der Waals surface area contributed by atoms with Gasteiger partial charge in [-0.15, -0.1) is 0 Å². The molecule has 43 heavy (non-hydrogen) atoms. The number of unbranched alkanes of at least 4 members (excludes halogenated alkanes) is 2. The van der Waals surface area contributed by atoms with Gasteiger partial charge in [0.1, 0.15) is 23.3 Å². The van der Waals surface area contributed by atoms with Crippen molar-refractivity contribution >= 4 is 46.1 Å². The first-order chi connectivity index (χ1) is 20.7. The van der Waals surface area contributed by atoms with Crippen LogP contribution in [-0.4, -0.2) is 84.2 Å². The molecule has 1 saturated heterocycles. The molecule has 6 N–H and O–H groups in total. The number of hydrogen-bond acceptors (Lipinski definition) is 6. The van der Waals surface area contributed by atoms with Gasteiger partial charge in [-0.25, -0.2) is 0 Å². The van der Waals surface area contributed by atoms with Crippen molar-refractivity contribution in [1.29, 1.82) is 0 Å². The van der Waals surface area contributed by atoms with E-state index in [-0.39, 0.29) is 41.7 Å². The third-order valence-electron chi connectivity index (χ3n) is 7.83. The maximum atomic E-state index is 13.4. The van der Waals surface area contributed by atoms with Crippen LogP contribution < -0.4 is 27.0 Å². The van der Waals surface area contributed by atoms with Gasteiger partial charge in [0.05, 0.1) is 19.1 Å². The molecule has 0 unspecified atom stereocenters. The fraction of sp³-hybridized carbons (Fsp3) is 0.645. The number of benzene rings is 1. The molecule has 0 saturated carbocycles. The summed E-state index contributed by atoms with van der Waals surface area (Å²) in [6.45, 7) is 4.72. The maximum absolute atomic E-state index is 13.4. The number of nitrogens with one attached hydrogen (secondary N) is 4. The Morgan fingerprint density at radius 3 is 2.30 bits per heavy atom. The maximum Gasteiger partial charge on any atom is 0.252 e. The van der Waals surface area contributed by atoms with Crippen LogP contribution in [-0.2, 0) is 35.8 Å². The number of nitrogens with zero attached hydrogens (tertiary/aromatic N) is 1. The third-order valence-corrected chi connectivity index (χ3v) is 10.3. The molecule has 3 rings (SSSR count). The molecule has 2 aliphatic heterocycles. The lowest BCUT2D eigenvalue weighted by atomic mass is 10.1. The van der Waals surface area contributed by atoms with Crippen LogP contribution in [0.5, 0.6) is 0 Å². The van der Waals surface area contributed by atoms with Gasteiger partial charge in [0.15, 0.2) is 0 Å². The van der Waals surface area contributed by atoms with E-state index in [1.54, 1.807) is 17.0 Å². The van der Waals surface area contributed by atoms with Crippen LogP contribution in [0, 0.1) is 0 Å². The molecule has 2 aliphatic rings. The molecule has 5 amide bonds. The highest BCUT2D eigenvalue weighted by Crippen LogP contribution is 2.24. The van der Waals surface area contributed by atoms with Crippen LogP contribution in [0.15, 0.2) is 18.2 Å². The van der Waals surface area contributed by atoms with Crippen LogP contribution in [0.2, 0.25) is 0 Å². The van der Waals surface area contributed by atoms with Crippen molar-refractivity contribution < 1.29 is 24.0 Å². The Labute approximate surface area is 258 Å². The first-order valence-electron chi connectivity index (χ1n) is 15.7. The second kappa shape index (κ2) is 17.9. The lowest BCUT2D eigenvalue weighted by Crippen LogP contribution is -2.49. The van der Waals surface area contributed by atoms with E-state index in [4.69, 9.17) is 5.73 Å². The molecule has 11 nitrogen and oxygen atoms in total. The summed E-state index contributed by atoms with van der Waals surface area (Å²) in [5, 5.41) is 10.9. The van der Waals surface area contributed by atoms with Crippen molar-refractivity contribution in [3.8, 4) is 0 Å². The van der Waals surface area contributed by atoms with Crippen LogP contribution in [0.4, 0.5) is 5.69 Å². The number of amides is 5. The Kier molecular flexibility index (Phi) is 14.3. The largest absolute Gasteiger partial charge is 0.355 e. The van der Waals surface area contributed by atoms with Gasteiger partial charge in [0.2, 0.25) is 23.6 Å². The van der Waals surface area contributed by atoms with Crippen LogP contribution in [0.3, 0.4) is 0 Å². The highest BCUT2D eigenvalue weighted by Gasteiger charge is 2.36. The molecule has 1 fully saturated rings. The Bertz CT molecular complexity index is 1120. The minimum Gasteiger partial charge on any atom is -0.355 e. The Balaban J connectivity index is 1.87. The first-order valence-corrected chi connectivity index (χ1v) is 17.4. The number of rotatable bonds is 8. The number of fused-ring (bicyclic) bond motifs is 3. The molecule has 1 aromatic rings. The minimum absolute atomic E-state index is 0.0979. The summed E-state index contributed by atoms with van der Waals surface area (Å²) in [5.41, 5.74) is 7.94. The highest BCUT2D eigenvalue weighted by atomic mass is 32.2. The Hall–Kier alpha value is -3.12. The fourth-order valence-corrected chi connectivity index (χ4v) is 7.87. The Morgan fingerprint density at radius 1 is 0.884 bits per heavy atom. The van der Waals surface area contributed by atoms with Gasteiger partial charge in [0, 0.05) is 29.9 Å². The number of nitrogens with two attached hydrogens (primary N) is 1. The SMILES string of the molecule is CCCC[S+](CCCC)Cc1ccc2cc1C(=O)NCC(=O)NCC(=O)NCCCC[C@H](N)C(=O)N1CCC[C@H]1C(=O)N2. The van der Waals surface area contributed by atoms with Gasteiger partial charge >= 0.3 is 0 Å². The predicted octanol–water partition coefficient (Wildman–Crippen LogP) is 1.81. The van der Waals surface area contributed by atoms with E-state index < -0.39 is 23.9 Å². The van der Waals surface area contributed by atoms with Gasteiger partial charge in [-0.2, -0.15) is 0 Å². The van der Waals surface area contributed by atoms with E-state index in [0.29, 0.717) is 56.4 Å². The standard InChI is InChI=1S/C31H48N6O5S/c1-3-5-16-43(17-6-4-2)21-22-12-13-23-18-24(22)29(40)35-20-28(39)34-19-27(38)33-14-8-7-10-25(32)31(42)37-15-9-11-26(37)30(41)36-23/h12-13,18,25-26H,3-11,14-17,19-21,32H2,1-2H3,(H3-,33,34,35,36,38,39,40,41)/p+1/t25-,26-/m0/s1. The molecular weight excluding hydrogens is 568 g/mol. The van der Waals surface area contributed by atoms with E-state index in [1.165, 1.54) is 0 Å². The summed E-state index contributed by atoms with van der Waals surface area (Å²) in [6.07, 6.45) is 7.38. The predicted molar refractivity (Wildman–Crippen MR) is 171 cm³/mol. The summed E-state index contributed by atoms with van der Waals surface area (Å²) < 4.78 is 0. The molecule has 2 heterocycles. The summed E-state index contributed by atoms with van der Waals surface area (Å²) >= 11 is 0. The smallest absolute Gasteiger partial charge is 0.252 e. The van der Waals surface area contributed by atoms with Gasteiger partial charge in [-0.1, -0.05) is 32.8 Å². The summed E-state index contributed by atoms with van der Waals surface area (Å²) in [6, 6.07) is 3.97. The summed E-state index contributed by atoms with van der Waals surface area (Å²) in [5.74, 6) is 1.13. The molecule has 0 aromatic heterocycles. The molecule has 1 aromatic carbocycles. The van der Waals surface area contributed by atoms with E-state index in [0.717, 1.165) is 48.5 Å². The molecule has 2 bridgehead atoms. The quantitative estimate of drug-likeness (QED) is 0.280. The monoisotopic (exact) mass is 617 g/mol. The van der Waals surface area contributed by atoms with Crippen molar-refractivity contribution in [2.75, 3.05) is 43.0 Å². The third kappa shape index (κ3) is 10.8. The second-order valence-electron chi connectivity index (χ2n) is 11.3. The number of anilines is 1. The lowest BCUT2D eigenvalue weighted by molar-refractivity contribution is -0.137. The normalized spacial score (nSPS) is 21.4. The molecule has 12 heteroatoms. The van der Waals surface area contributed by atoms with E-state index >= 15 is 0 Å². The number of carbonyl (C=O) groups excluding carboxylic acids is 5. The van der Waals surface area contributed by atoms with Crippen molar-refractivity contribution in [1.82, 2.24) is 20.9 Å². The van der Waals surface area contributed by atoms with Crippen LogP contribution in [0.1, 0.15) is 87.6 Å². The minimum atomic E-state index is -0.735. The highest BCUT2D eigenvalue weighted by molar-refractivity contribution is 7.96. The summed E-state index contributed by atoms with van der Waals surface area (Å²) in [4.78, 5) is 66.1. The molecule has 2 atom stereocenters. The average molecular weight is 618 g/mol. The van der Waals surface area contributed by atoms with Crippen molar-refractivity contribution in [2.45, 2.75) is 89.5 Å². The van der Waals surface area contributed by atoms with Crippen LogP contribution in [0.25, 0.3) is 0 Å². The Morgan fingerprint density at radius 2 is 1.58 bits per heavy atom. The van der Waals surface area contributed by atoms with Gasteiger partial charge in [0.25, 0.3) is 5.91 Å². The zero-order valence-electron chi connectivity index (χ0n) is 25.7. The van der Waals surface area contributed by atoms with Gasteiger partial charge in [-0.3, -0.25) is 24.0 Å². The van der Waals surface area contributed by atoms with E-state index in [2.05, 4.69) is 35.1 Å². The van der Waals surface area contributed by atoms with E-state index in [1.807, 2.05) is 6.07 Å². The topological polar surface area (TPSA) is 163 Å². The zero-order chi connectivity index (χ0) is 31.2. The van der Waals surface area contributed by atoms with Crippen molar-refractivity contribution in [2.24, 2.45) is 5.73 Å². The lowest BCUT2D eigenvalue weighted by Gasteiger charge is -2.27. The van der Waals surface area contributed by atoms with Gasteiger partial charge in [-0.05, 0) is 68.0 Å². The molecule has 0 radical (unpaired) electrons. The second-order valence-corrected chi connectivity index (χ2v) is 13.7. The fourth-order valence-electron chi connectivity index (χ4n) is 5.30. The first kappa shape index (κ1) is 34.4. The molecule has 0 spiro atoms. The van der Waals surface area contributed by atoms with Crippen LogP contribution >= 0.6 is 0 Å².